The quantitative estimate of drug-likeness (QED) is 0.629. The predicted octanol–water partition coefficient (Wildman–Crippen LogP) is 5.30. The standard InChI is InChI=1S/C22H22O2S2/c1-16-12-14-18(15-13-16)26(24)20-11-7-6-10-19(20)22(25-2)21(23)17-8-4-3-5-9-17/h3-15,21-23H,1-2H3/t21-,22+,26?/m1/s1. The molecule has 0 bridgehead atoms. The van der Waals surface area contributed by atoms with Gasteiger partial charge in [0.1, 0.15) is 0 Å². The number of hydrogen-bond donors (Lipinski definition) is 1. The van der Waals surface area contributed by atoms with E-state index in [2.05, 4.69) is 0 Å². The molecule has 3 aromatic carbocycles. The molecule has 3 atom stereocenters. The number of rotatable bonds is 6. The van der Waals surface area contributed by atoms with Crippen LogP contribution in [0.4, 0.5) is 0 Å². The summed E-state index contributed by atoms with van der Waals surface area (Å²) in [7, 11) is -1.29. The minimum absolute atomic E-state index is 0.192. The van der Waals surface area contributed by atoms with Crippen molar-refractivity contribution >= 4 is 22.6 Å². The fourth-order valence-corrected chi connectivity index (χ4v) is 5.12. The average molecular weight is 383 g/mol. The van der Waals surface area contributed by atoms with E-state index in [0.29, 0.717) is 0 Å². The molecule has 0 radical (unpaired) electrons. The first-order valence-electron chi connectivity index (χ1n) is 8.45. The van der Waals surface area contributed by atoms with Crippen LogP contribution < -0.4 is 0 Å². The lowest BCUT2D eigenvalue weighted by molar-refractivity contribution is 0.174. The van der Waals surface area contributed by atoms with Crippen molar-refractivity contribution in [3.8, 4) is 0 Å². The summed E-state index contributed by atoms with van der Waals surface area (Å²) in [5.74, 6) is 0. The van der Waals surface area contributed by atoms with Gasteiger partial charge in [-0.2, -0.15) is 11.8 Å². The Morgan fingerprint density at radius 1 is 0.885 bits per heavy atom. The molecule has 0 saturated carbocycles. The number of hydrogen-bond acceptors (Lipinski definition) is 3. The van der Waals surface area contributed by atoms with Crippen molar-refractivity contribution in [1.82, 2.24) is 0 Å². The van der Waals surface area contributed by atoms with Crippen molar-refractivity contribution in [1.29, 1.82) is 0 Å². The molecule has 0 aliphatic heterocycles. The fraction of sp³-hybridized carbons (Fsp3) is 0.182. The molecule has 2 nitrogen and oxygen atoms in total. The second-order valence-electron chi connectivity index (χ2n) is 6.13. The molecule has 0 aliphatic rings. The summed E-state index contributed by atoms with van der Waals surface area (Å²) in [5, 5.41) is 10.7. The number of benzene rings is 3. The van der Waals surface area contributed by atoms with Crippen LogP contribution in [0.25, 0.3) is 0 Å². The van der Waals surface area contributed by atoms with E-state index in [1.807, 2.05) is 92.0 Å². The van der Waals surface area contributed by atoms with E-state index in [1.54, 1.807) is 11.8 Å². The maximum absolute atomic E-state index is 13.2. The molecule has 0 spiro atoms. The van der Waals surface area contributed by atoms with Crippen molar-refractivity contribution in [2.45, 2.75) is 28.1 Å². The smallest absolute Gasteiger partial charge is 0.0949 e. The fourth-order valence-electron chi connectivity index (χ4n) is 2.92. The van der Waals surface area contributed by atoms with Crippen LogP contribution in [0, 0.1) is 6.92 Å². The monoisotopic (exact) mass is 382 g/mol. The first-order valence-corrected chi connectivity index (χ1v) is 10.9. The van der Waals surface area contributed by atoms with E-state index >= 15 is 0 Å². The van der Waals surface area contributed by atoms with Crippen LogP contribution in [-0.4, -0.2) is 15.6 Å². The predicted molar refractivity (Wildman–Crippen MR) is 110 cm³/mol. The molecule has 26 heavy (non-hydrogen) atoms. The zero-order valence-electron chi connectivity index (χ0n) is 14.8. The van der Waals surface area contributed by atoms with Gasteiger partial charge in [-0.1, -0.05) is 66.2 Å². The summed E-state index contributed by atoms with van der Waals surface area (Å²) in [6, 6.07) is 25.1. The summed E-state index contributed by atoms with van der Waals surface area (Å²) >= 11 is 1.57. The number of aliphatic hydroxyl groups excluding tert-OH is 1. The third-order valence-corrected chi connectivity index (χ3v) is 6.83. The van der Waals surface area contributed by atoms with Crippen molar-refractivity contribution < 1.29 is 9.32 Å². The van der Waals surface area contributed by atoms with Gasteiger partial charge >= 0.3 is 0 Å². The molecule has 0 saturated heterocycles. The molecular formula is C22H22O2S2. The van der Waals surface area contributed by atoms with Gasteiger partial charge in [0.05, 0.1) is 22.2 Å². The minimum Gasteiger partial charge on any atom is -0.387 e. The molecule has 134 valence electrons. The molecule has 0 aliphatic carbocycles. The Morgan fingerprint density at radius 2 is 1.50 bits per heavy atom. The molecule has 3 rings (SSSR count). The molecule has 0 amide bonds. The molecule has 0 heterocycles. The molecule has 1 N–H and O–H groups in total. The van der Waals surface area contributed by atoms with Gasteiger partial charge in [-0.3, -0.25) is 0 Å². The van der Waals surface area contributed by atoms with Crippen LogP contribution in [0.2, 0.25) is 0 Å². The average Bonchev–Trinajstić information content (AvgIpc) is 2.69. The minimum atomic E-state index is -1.29. The molecule has 3 aromatic rings. The van der Waals surface area contributed by atoms with Crippen molar-refractivity contribution in [2.75, 3.05) is 6.26 Å². The van der Waals surface area contributed by atoms with Crippen molar-refractivity contribution in [3.63, 3.8) is 0 Å². The molecule has 4 heteroatoms. The maximum atomic E-state index is 13.2. The summed E-state index contributed by atoms with van der Waals surface area (Å²) in [6.45, 7) is 2.01. The van der Waals surface area contributed by atoms with Crippen molar-refractivity contribution in [3.05, 3.63) is 95.6 Å². The highest BCUT2D eigenvalue weighted by molar-refractivity contribution is 7.98. The topological polar surface area (TPSA) is 37.3 Å². The summed E-state index contributed by atoms with van der Waals surface area (Å²) in [6.07, 6.45) is 1.31. The van der Waals surface area contributed by atoms with Crippen LogP contribution in [0.3, 0.4) is 0 Å². The Bertz CT molecular complexity index is 876. The molecule has 1 unspecified atom stereocenters. The van der Waals surface area contributed by atoms with E-state index in [1.165, 1.54) is 0 Å². The number of aryl methyl sites for hydroxylation is 1. The zero-order chi connectivity index (χ0) is 18.5. The van der Waals surface area contributed by atoms with Gasteiger partial charge in [0.25, 0.3) is 0 Å². The molecular weight excluding hydrogens is 360 g/mol. The van der Waals surface area contributed by atoms with Gasteiger partial charge in [0, 0.05) is 9.79 Å². The molecule has 0 fully saturated rings. The van der Waals surface area contributed by atoms with E-state index < -0.39 is 16.9 Å². The van der Waals surface area contributed by atoms with Gasteiger partial charge in [-0.15, -0.1) is 0 Å². The highest BCUT2D eigenvalue weighted by Gasteiger charge is 2.26. The molecule has 0 aromatic heterocycles. The third-order valence-electron chi connectivity index (χ3n) is 4.34. The Hall–Kier alpha value is -1.88. The first-order chi connectivity index (χ1) is 12.6. The van der Waals surface area contributed by atoms with Gasteiger partial charge < -0.3 is 5.11 Å². The van der Waals surface area contributed by atoms with Crippen molar-refractivity contribution in [2.24, 2.45) is 0 Å². The van der Waals surface area contributed by atoms with Gasteiger partial charge in [-0.25, -0.2) is 4.21 Å². The lowest BCUT2D eigenvalue weighted by Crippen LogP contribution is -2.10. The highest BCUT2D eigenvalue weighted by atomic mass is 32.2. The lowest BCUT2D eigenvalue weighted by Gasteiger charge is -2.24. The lowest BCUT2D eigenvalue weighted by atomic mass is 10.0. The number of thioether (sulfide) groups is 1. The largest absolute Gasteiger partial charge is 0.387 e. The van der Waals surface area contributed by atoms with Crippen LogP contribution in [-0.2, 0) is 10.8 Å². The van der Waals surface area contributed by atoms with Crippen LogP contribution in [0.15, 0.2) is 88.7 Å². The van der Waals surface area contributed by atoms with E-state index in [0.717, 1.165) is 26.5 Å². The van der Waals surface area contributed by atoms with Gasteiger partial charge in [-0.05, 0) is 42.5 Å². The van der Waals surface area contributed by atoms with Gasteiger partial charge in [0.2, 0.25) is 0 Å². The SMILES string of the molecule is CS[C@@H](c1ccccc1S(=O)c1ccc(C)cc1)[C@H](O)c1ccccc1. The summed E-state index contributed by atoms with van der Waals surface area (Å²) in [4.78, 5) is 1.53. The Labute approximate surface area is 161 Å². The van der Waals surface area contributed by atoms with Crippen LogP contribution in [0.5, 0.6) is 0 Å². The normalized spacial score (nSPS) is 14.6. The van der Waals surface area contributed by atoms with E-state index in [-0.39, 0.29) is 5.25 Å². The van der Waals surface area contributed by atoms with Crippen LogP contribution in [0.1, 0.15) is 28.0 Å². The van der Waals surface area contributed by atoms with Crippen LogP contribution >= 0.6 is 11.8 Å². The summed E-state index contributed by atoms with van der Waals surface area (Å²) in [5.41, 5.74) is 2.92. The first kappa shape index (κ1) is 18.9. The highest BCUT2D eigenvalue weighted by Crippen LogP contribution is 2.41. The summed E-state index contributed by atoms with van der Waals surface area (Å²) < 4.78 is 13.2. The number of aliphatic hydroxyl groups is 1. The zero-order valence-corrected chi connectivity index (χ0v) is 16.5. The van der Waals surface area contributed by atoms with E-state index in [9.17, 15) is 9.32 Å². The second kappa shape index (κ2) is 8.67. The third kappa shape index (κ3) is 4.09. The maximum Gasteiger partial charge on any atom is 0.0949 e. The Kier molecular flexibility index (Phi) is 6.30. The Balaban J connectivity index is 1.99. The van der Waals surface area contributed by atoms with Gasteiger partial charge in [0.15, 0.2) is 0 Å². The Morgan fingerprint density at radius 3 is 2.15 bits per heavy atom. The van der Waals surface area contributed by atoms with E-state index in [4.69, 9.17) is 0 Å². The second-order valence-corrected chi connectivity index (χ2v) is 8.56.